The van der Waals surface area contributed by atoms with Gasteiger partial charge in [-0.1, -0.05) is 5.21 Å². The molecule has 1 aromatic heterocycles. The Hall–Kier alpha value is -2.09. The molecular weight excluding hydrogens is 256 g/mol. The lowest BCUT2D eigenvalue weighted by molar-refractivity contribution is -0.141. The second-order valence-electron chi connectivity index (χ2n) is 3.89. The number of aromatic nitrogens is 3. The van der Waals surface area contributed by atoms with E-state index in [1.54, 1.807) is 19.3 Å². The minimum Gasteiger partial charge on any atom is -0.477 e. The Bertz CT molecular complexity index is 618. The summed E-state index contributed by atoms with van der Waals surface area (Å²) in [5.74, 6) is -1.37. The molecule has 0 aromatic carbocycles. The maximum atomic E-state index is 11.9. The largest absolute Gasteiger partial charge is 0.477 e. The van der Waals surface area contributed by atoms with Gasteiger partial charge in [-0.25, -0.2) is 4.79 Å². The van der Waals surface area contributed by atoms with Crippen LogP contribution in [0.2, 0.25) is 0 Å². The Morgan fingerprint density at radius 3 is 3.00 bits per heavy atom. The SMILES string of the molecule is Cn1cc(/C=C2\C(=O)N3C(C(=O)O)=CS[C@@H]23)nn1. The molecule has 0 radical (unpaired) electrons. The molecule has 3 heterocycles. The monoisotopic (exact) mass is 264 g/mol. The lowest BCUT2D eigenvalue weighted by Crippen LogP contribution is -2.51. The third-order valence-electron chi connectivity index (χ3n) is 2.68. The van der Waals surface area contributed by atoms with E-state index < -0.39 is 5.97 Å². The van der Waals surface area contributed by atoms with Gasteiger partial charge in [0.2, 0.25) is 0 Å². The fourth-order valence-electron chi connectivity index (χ4n) is 1.86. The van der Waals surface area contributed by atoms with Gasteiger partial charge in [0.1, 0.15) is 16.8 Å². The lowest BCUT2D eigenvalue weighted by atomic mass is 10.0. The molecule has 0 saturated carbocycles. The molecule has 0 unspecified atom stereocenters. The number of hydrogen-bond donors (Lipinski definition) is 1. The summed E-state index contributed by atoms with van der Waals surface area (Å²) >= 11 is 1.31. The van der Waals surface area contributed by atoms with Crippen LogP contribution in [-0.2, 0) is 16.6 Å². The van der Waals surface area contributed by atoms with Crippen LogP contribution in [0.15, 0.2) is 22.9 Å². The molecule has 1 saturated heterocycles. The highest BCUT2D eigenvalue weighted by Crippen LogP contribution is 2.44. The Balaban J connectivity index is 1.86. The van der Waals surface area contributed by atoms with Crippen molar-refractivity contribution in [2.24, 2.45) is 7.05 Å². The summed E-state index contributed by atoms with van der Waals surface area (Å²) in [4.78, 5) is 24.0. The van der Waals surface area contributed by atoms with Crippen molar-refractivity contribution in [2.45, 2.75) is 5.37 Å². The summed E-state index contributed by atoms with van der Waals surface area (Å²) in [6.07, 6.45) is 3.33. The molecule has 3 rings (SSSR count). The van der Waals surface area contributed by atoms with E-state index in [2.05, 4.69) is 10.3 Å². The number of aliphatic carboxylic acids is 1. The van der Waals surface area contributed by atoms with Crippen molar-refractivity contribution in [3.8, 4) is 0 Å². The lowest BCUT2D eigenvalue weighted by Gasteiger charge is -2.36. The number of fused-ring (bicyclic) bond motifs is 1. The number of nitrogens with zero attached hydrogens (tertiary/aromatic N) is 4. The third kappa shape index (κ3) is 1.46. The van der Waals surface area contributed by atoms with Gasteiger partial charge in [0.25, 0.3) is 5.91 Å². The number of carboxylic acid groups (broad SMARTS) is 1. The summed E-state index contributed by atoms with van der Waals surface area (Å²) in [5.41, 5.74) is 1.17. The predicted molar refractivity (Wildman–Crippen MR) is 62.9 cm³/mol. The van der Waals surface area contributed by atoms with Crippen LogP contribution in [0.1, 0.15) is 5.69 Å². The molecule has 1 amide bonds. The first-order valence-corrected chi connectivity index (χ1v) is 6.02. The van der Waals surface area contributed by atoms with Gasteiger partial charge in [0.05, 0.1) is 11.8 Å². The topological polar surface area (TPSA) is 88.3 Å². The minimum atomic E-state index is -1.09. The molecule has 1 atom stereocenters. The molecule has 1 fully saturated rings. The van der Waals surface area contributed by atoms with Gasteiger partial charge < -0.3 is 5.11 Å². The van der Waals surface area contributed by atoms with Gasteiger partial charge in [-0.2, -0.15) is 0 Å². The first-order valence-electron chi connectivity index (χ1n) is 5.08. The molecule has 2 aliphatic rings. The molecular formula is C10H8N4O3S. The average Bonchev–Trinajstić information content (AvgIpc) is 2.89. The molecule has 0 aliphatic carbocycles. The van der Waals surface area contributed by atoms with E-state index in [0.717, 1.165) is 0 Å². The molecule has 2 aliphatic heterocycles. The van der Waals surface area contributed by atoms with Crippen LogP contribution in [0.3, 0.4) is 0 Å². The standard InChI is InChI=1S/C10H8N4O3S/c1-13-3-5(11-12-13)2-6-8(15)14-7(10(16)17)4-18-9(6)14/h2-4,9H,1H3,(H,16,17)/b6-2+/t9-/m0/s1. The fraction of sp³-hybridized carbons (Fsp3) is 0.200. The van der Waals surface area contributed by atoms with Crippen LogP contribution in [0.5, 0.6) is 0 Å². The molecule has 1 N–H and O–H groups in total. The number of carbonyl (C=O) groups excluding carboxylic acids is 1. The Morgan fingerprint density at radius 1 is 1.61 bits per heavy atom. The van der Waals surface area contributed by atoms with Crippen LogP contribution >= 0.6 is 11.8 Å². The van der Waals surface area contributed by atoms with Crippen LogP contribution in [-0.4, -0.2) is 42.3 Å². The molecule has 1 aromatic rings. The second kappa shape index (κ2) is 3.70. The smallest absolute Gasteiger partial charge is 0.353 e. The van der Waals surface area contributed by atoms with Crippen molar-refractivity contribution in [3.05, 3.63) is 28.6 Å². The predicted octanol–water partition coefficient (Wildman–Crippen LogP) is 0.0396. The van der Waals surface area contributed by atoms with Gasteiger partial charge >= 0.3 is 5.97 Å². The highest BCUT2D eigenvalue weighted by atomic mass is 32.2. The third-order valence-corrected chi connectivity index (χ3v) is 3.76. The molecule has 7 nitrogen and oxygen atoms in total. The minimum absolute atomic E-state index is 0.0336. The number of amides is 1. The quantitative estimate of drug-likeness (QED) is 0.599. The normalized spacial score (nSPS) is 23.9. The summed E-state index contributed by atoms with van der Waals surface area (Å²) in [6, 6.07) is 0. The zero-order valence-electron chi connectivity index (χ0n) is 9.27. The van der Waals surface area contributed by atoms with Gasteiger partial charge in [-0.05, 0) is 6.08 Å². The Kier molecular flexibility index (Phi) is 2.27. The van der Waals surface area contributed by atoms with E-state index in [0.29, 0.717) is 11.3 Å². The van der Waals surface area contributed by atoms with Crippen molar-refractivity contribution in [3.63, 3.8) is 0 Å². The number of hydrogen-bond acceptors (Lipinski definition) is 5. The van der Waals surface area contributed by atoms with E-state index in [4.69, 9.17) is 5.11 Å². The molecule has 8 heteroatoms. The number of rotatable bonds is 2. The number of carboxylic acids is 1. The van der Waals surface area contributed by atoms with E-state index >= 15 is 0 Å². The number of β-lactam (4-membered cyclic amide) rings is 1. The average molecular weight is 264 g/mol. The van der Waals surface area contributed by atoms with Crippen LogP contribution in [0, 0.1) is 0 Å². The summed E-state index contributed by atoms with van der Waals surface area (Å²) in [5, 5.41) is 17.8. The van der Waals surface area contributed by atoms with Crippen molar-refractivity contribution < 1.29 is 14.7 Å². The van der Waals surface area contributed by atoms with Gasteiger partial charge in [0, 0.05) is 12.5 Å². The van der Waals surface area contributed by atoms with E-state index in [-0.39, 0.29) is 17.0 Å². The first-order chi connectivity index (χ1) is 8.58. The number of aryl methyl sites for hydroxylation is 1. The highest BCUT2D eigenvalue weighted by molar-refractivity contribution is 8.03. The summed E-state index contributed by atoms with van der Waals surface area (Å²) < 4.78 is 1.54. The molecule has 0 bridgehead atoms. The number of thioether (sulfide) groups is 1. The second-order valence-corrected chi connectivity index (χ2v) is 4.84. The first kappa shape index (κ1) is 11.0. The Morgan fingerprint density at radius 2 is 2.39 bits per heavy atom. The maximum absolute atomic E-state index is 11.9. The van der Waals surface area contributed by atoms with E-state index in [1.165, 1.54) is 26.8 Å². The van der Waals surface area contributed by atoms with Gasteiger partial charge in [-0.3, -0.25) is 14.4 Å². The molecule has 92 valence electrons. The fourth-order valence-corrected chi connectivity index (χ4v) is 2.98. The van der Waals surface area contributed by atoms with Gasteiger partial charge in [0.15, 0.2) is 0 Å². The van der Waals surface area contributed by atoms with Crippen molar-refractivity contribution in [1.82, 2.24) is 19.9 Å². The Labute approximate surface area is 106 Å². The van der Waals surface area contributed by atoms with Crippen molar-refractivity contribution in [1.29, 1.82) is 0 Å². The molecule has 0 spiro atoms. The molecule has 18 heavy (non-hydrogen) atoms. The van der Waals surface area contributed by atoms with Crippen molar-refractivity contribution >= 4 is 29.7 Å². The number of carbonyl (C=O) groups is 2. The van der Waals surface area contributed by atoms with Crippen molar-refractivity contribution in [2.75, 3.05) is 0 Å². The zero-order valence-corrected chi connectivity index (χ0v) is 10.1. The van der Waals surface area contributed by atoms with Crippen LogP contribution < -0.4 is 0 Å². The van der Waals surface area contributed by atoms with Crippen LogP contribution in [0.4, 0.5) is 0 Å². The summed E-state index contributed by atoms with van der Waals surface area (Å²) in [7, 11) is 1.73. The maximum Gasteiger partial charge on any atom is 0.353 e. The zero-order chi connectivity index (χ0) is 12.9. The van der Waals surface area contributed by atoms with E-state index in [9.17, 15) is 9.59 Å². The highest BCUT2D eigenvalue weighted by Gasteiger charge is 2.49. The van der Waals surface area contributed by atoms with E-state index in [1.807, 2.05) is 0 Å². The van der Waals surface area contributed by atoms with Crippen LogP contribution in [0.25, 0.3) is 6.08 Å². The van der Waals surface area contributed by atoms with Gasteiger partial charge in [-0.15, -0.1) is 16.9 Å². The summed E-state index contributed by atoms with van der Waals surface area (Å²) in [6.45, 7) is 0.